The van der Waals surface area contributed by atoms with Crippen molar-refractivity contribution in [3.8, 4) is 0 Å². The van der Waals surface area contributed by atoms with Gasteiger partial charge in [0.15, 0.2) is 0 Å². The SMILES string of the molecule is CC(C)(C)C12OOC1(O)OS(=O)(=O)O2. The summed E-state index contributed by atoms with van der Waals surface area (Å²) in [6.07, 6.45) is 0. The first kappa shape index (κ1) is 10.3. The number of rotatable bonds is 0. The van der Waals surface area contributed by atoms with Gasteiger partial charge in [-0.2, -0.15) is 22.4 Å². The Labute approximate surface area is 80.8 Å². The van der Waals surface area contributed by atoms with Gasteiger partial charge in [-0.05, 0) is 0 Å². The van der Waals surface area contributed by atoms with Crippen molar-refractivity contribution in [2.75, 3.05) is 0 Å². The molecular weight excluding hydrogens is 216 g/mol. The second-order valence-electron chi connectivity index (χ2n) is 4.19. The van der Waals surface area contributed by atoms with E-state index in [1.165, 1.54) is 0 Å². The third-order valence-electron chi connectivity index (χ3n) is 2.11. The van der Waals surface area contributed by atoms with Crippen molar-refractivity contribution < 1.29 is 31.7 Å². The van der Waals surface area contributed by atoms with Gasteiger partial charge in [-0.15, -0.1) is 0 Å². The van der Waals surface area contributed by atoms with E-state index in [1.54, 1.807) is 20.8 Å². The highest BCUT2D eigenvalue weighted by Gasteiger charge is 2.81. The van der Waals surface area contributed by atoms with Crippen LogP contribution >= 0.6 is 0 Å². The molecule has 0 aliphatic carbocycles. The van der Waals surface area contributed by atoms with E-state index in [9.17, 15) is 13.5 Å². The summed E-state index contributed by atoms with van der Waals surface area (Å²) in [4.78, 5) is 8.81. The van der Waals surface area contributed by atoms with E-state index >= 15 is 0 Å². The Morgan fingerprint density at radius 1 is 1.14 bits per heavy atom. The Balaban J connectivity index is 2.48. The highest BCUT2D eigenvalue weighted by molar-refractivity contribution is 7.82. The van der Waals surface area contributed by atoms with Crippen LogP contribution in [0.25, 0.3) is 0 Å². The van der Waals surface area contributed by atoms with E-state index in [0.717, 1.165) is 0 Å². The monoisotopic (exact) mass is 226 g/mol. The standard InChI is InChI=1S/C6H10O7S/c1-4(2,3)5-6(7,11-10-5)13-14(8,9)12-5/h7H,1-3H3. The second kappa shape index (κ2) is 2.29. The van der Waals surface area contributed by atoms with Gasteiger partial charge in [0.05, 0.1) is 0 Å². The van der Waals surface area contributed by atoms with Crippen LogP contribution in [0.1, 0.15) is 20.8 Å². The molecule has 2 rings (SSSR count). The van der Waals surface area contributed by atoms with E-state index in [4.69, 9.17) is 0 Å². The summed E-state index contributed by atoms with van der Waals surface area (Å²) in [6.45, 7) is 4.85. The Bertz CT molecular complexity index is 368. The van der Waals surface area contributed by atoms with Crippen molar-refractivity contribution in [1.29, 1.82) is 0 Å². The van der Waals surface area contributed by atoms with Crippen LogP contribution in [0.4, 0.5) is 0 Å². The van der Waals surface area contributed by atoms with E-state index in [-0.39, 0.29) is 0 Å². The normalized spacial score (nSPS) is 45.7. The molecule has 2 atom stereocenters. The average molecular weight is 226 g/mol. The largest absolute Gasteiger partial charge is 0.407 e. The van der Waals surface area contributed by atoms with Gasteiger partial charge in [-0.25, -0.2) is 4.18 Å². The molecule has 1 N–H and O–H groups in total. The lowest BCUT2D eigenvalue weighted by Crippen LogP contribution is -2.71. The third kappa shape index (κ3) is 1.01. The van der Waals surface area contributed by atoms with E-state index < -0.39 is 27.6 Å². The summed E-state index contributed by atoms with van der Waals surface area (Å²) in [5, 5.41) is 9.60. The molecule has 2 aliphatic rings. The molecule has 0 bridgehead atoms. The molecule has 14 heavy (non-hydrogen) atoms. The van der Waals surface area contributed by atoms with Crippen molar-refractivity contribution in [2.24, 2.45) is 5.41 Å². The zero-order valence-electron chi connectivity index (χ0n) is 7.80. The molecule has 0 saturated carbocycles. The average Bonchev–Trinajstić information content (AvgIpc) is 2.06. The zero-order chi connectivity index (χ0) is 10.8. The molecular formula is C6H10O7S. The minimum absolute atomic E-state index is 0.830. The number of fused-ring (bicyclic) bond motifs is 1. The first-order chi connectivity index (χ1) is 6.12. The minimum Gasteiger partial charge on any atom is -0.336 e. The fourth-order valence-electron chi connectivity index (χ4n) is 1.35. The zero-order valence-corrected chi connectivity index (χ0v) is 8.62. The molecule has 0 aromatic rings. The predicted molar refractivity (Wildman–Crippen MR) is 40.4 cm³/mol. The number of hydrogen-bond donors (Lipinski definition) is 1. The van der Waals surface area contributed by atoms with Gasteiger partial charge in [0, 0.05) is 5.41 Å². The van der Waals surface area contributed by atoms with Crippen LogP contribution in [0.15, 0.2) is 0 Å². The van der Waals surface area contributed by atoms with Crippen LogP contribution in [0.3, 0.4) is 0 Å². The van der Waals surface area contributed by atoms with Gasteiger partial charge in [0.1, 0.15) is 0 Å². The van der Waals surface area contributed by atoms with Crippen LogP contribution in [-0.2, 0) is 28.5 Å². The van der Waals surface area contributed by atoms with Crippen LogP contribution in [0.2, 0.25) is 0 Å². The molecule has 0 amide bonds. The molecule has 0 aromatic carbocycles. The summed E-state index contributed by atoms with van der Waals surface area (Å²) in [6, 6.07) is 0. The molecule has 8 heteroatoms. The quantitative estimate of drug-likeness (QED) is 0.563. The van der Waals surface area contributed by atoms with Gasteiger partial charge < -0.3 is 5.11 Å². The lowest BCUT2D eigenvalue weighted by atomic mass is 9.83. The van der Waals surface area contributed by atoms with Crippen LogP contribution in [0, 0.1) is 5.41 Å². The van der Waals surface area contributed by atoms with Crippen molar-refractivity contribution >= 4 is 10.4 Å². The van der Waals surface area contributed by atoms with Crippen molar-refractivity contribution in [3.63, 3.8) is 0 Å². The highest BCUT2D eigenvalue weighted by atomic mass is 32.3. The number of hydrogen-bond acceptors (Lipinski definition) is 7. The summed E-state index contributed by atoms with van der Waals surface area (Å²) in [7, 11) is -4.28. The topological polar surface area (TPSA) is 91.3 Å². The molecule has 2 saturated heterocycles. The predicted octanol–water partition coefficient (Wildman–Crippen LogP) is -0.372. The second-order valence-corrected chi connectivity index (χ2v) is 5.34. The molecule has 82 valence electrons. The maximum absolute atomic E-state index is 11.0. The summed E-state index contributed by atoms with van der Waals surface area (Å²) in [5.74, 6) is -4.22. The van der Waals surface area contributed by atoms with Gasteiger partial charge in [0.2, 0.25) is 0 Å². The summed E-state index contributed by atoms with van der Waals surface area (Å²) in [5.41, 5.74) is -0.830. The molecule has 7 nitrogen and oxygen atoms in total. The first-order valence-electron chi connectivity index (χ1n) is 3.87. The Kier molecular flexibility index (Phi) is 1.68. The maximum atomic E-state index is 11.0. The van der Waals surface area contributed by atoms with Crippen LogP contribution < -0.4 is 0 Å². The molecule has 2 aliphatic heterocycles. The van der Waals surface area contributed by atoms with Gasteiger partial charge >= 0.3 is 22.2 Å². The van der Waals surface area contributed by atoms with Gasteiger partial charge in [0.25, 0.3) is 0 Å². The van der Waals surface area contributed by atoms with Crippen LogP contribution in [-0.4, -0.2) is 25.3 Å². The number of aliphatic hydroxyl groups is 1. The Hall–Kier alpha value is -0.250. The first-order valence-corrected chi connectivity index (χ1v) is 5.21. The lowest BCUT2D eigenvalue weighted by molar-refractivity contribution is -0.687. The van der Waals surface area contributed by atoms with E-state index in [0.29, 0.717) is 0 Å². The third-order valence-corrected chi connectivity index (χ3v) is 2.98. The molecule has 0 spiro atoms. The maximum Gasteiger partial charge on any atom is 0.407 e. The molecule has 2 unspecified atom stereocenters. The molecule has 0 radical (unpaired) electrons. The van der Waals surface area contributed by atoms with Crippen molar-refractivity contribution in [3.05, 3.63) is 0 Å². The van der Waals surface area contributed by atoms with Crippen molar-refractivity contribution in [1.82, 2.24) is 0 Å². The van der Waals surface area contributed by atoms with Crippen molar-refractivity contribution in [2.45, 2.75) is 32.5 Å². The lowest BCUT2D eigenvalue weighted by Gasteiger charge is -2.49. The minimum atomic E-state index is -4.28. The smallest absolute Gasteiger partial charge is 0.336 e. The van der Waals surface area contributed by atoms with Crippen LogP contribution in [0.5, 0.6) is 0 Å². The molecule has 2 heterocycles. The van der Waals surface area contributed by atoms with Gasteiger partial charge in [-0.1, -0.05) is 20.8 Å². The Morgan fingerprint density at radius 3 is 1.93 bits per heavy atom. The summed E-state index contributed by atoms with van der Waals surface area (Å²) >= 11 is 0. The molecule has 0 aromatic heterocycles. The van der Waals surface area contributed by atoms with Gasteiger partial charge in [-0.3, -0.25) is 0 Å². The Morgan fingerprint density at radius 2 is 1.71 bits per heavy atom. The fourth-order valence-corrected chi connectivity index (χ4v) is 2.47. The fraction of sp³-hybridized carbons (Fsp3) is 1.00. The van der Waals surface area contributed by atoms with E-state index in [1.807, 2.05) is 0 Å². The van der Waals surface area contributed by atoms with E-state index in [2.05, 4.69) is 18.1 Å². The molecule has 2 fully saturated rings. The summed E-state index contributed by atoms with van der Waals surface area (Å²) < 4.78 is 30.7. The highest BCUT2D eigenvalue weighted by Crippen LogP contribution is 2.57.